The van der Waals surface area contributed by atoms with Crippen LogP contribution in [0.15, 0.2) is 18.2 Å². The first-order chi connectivity index (χ1) is 14.5. The minimum atomic E-state index is -2.42. The third-order valence-corrected chi connectivity index (χ3v) is 9.42. The Labute approximate surface area is 218 Å². The summed E-state index contributed by atoms with van der Waals surface area (Å²) in [6.07, 6.45) is 10.1. The number of unbranched alkanes of at least 4 members (excludes halogenated alkanes) is 7. The molecule has 0 unspecified atom stereocenters. The van der Waals surface area contributed by atoms with E-state index in [0.717, 1.165) is 43.7 Å². The molecule has 1 aromatic carbocycles. The Kier molecular flexibility index (Phi) is 14.0. The van der Waals surface area contributed by atoms with Gasteiger partial charge in [0, 0.05) is 38.5 Å². The van der Waals surface area contributed by atoms with Gasteiger partial charge in [-0.05, 0) is 30.9 Å². The van der Waals surface area contributed by atoms with Crippen molar-refractivity contribution in [2.24, 2.45) is 0 Å². The lowest BCUT2D eigenvalue weighted by Gasteiger charge is -2.24. The second-order valence-corrected chi connectivity index (χ2v) is 15.2. The second-order valence-electron chi connectivity index (χ2n) is 7.54. The number of alkyl halides is 6. The SMILES string of the molecule is CO[Si](CCCCCCCCCCc1cc(C(Cl)(Cl)Cl)cc(C(Cl)(Cl)Cl)c1)(OC)OC. The number of hydrogen-bond acceptors (Lipinski definition) is 3. The minimum absolute atomic E-state index is 0.513. The van der Waals surface area contributed by atoms with Crippen molar-refractivity contribution in [1.82, 2.24) is 0 Å². The number of rotatable bonds is 14. The molecule has 180 valence electrons. The van der Waals surface area contributed by atoms with Gasteiger partial charge in [-0.3, -0.25) is 0 Å². The van der Waals surface area contributed by atoms with Crippen molar-refractivity contribution >= 4 is 78.4 Å². The molecule has 0 fully saturated rings. The van der Waals surface area contributed by atoms with Gasteiger partial charge in [-0.15, -0.1) is 0 Å². The maximum Gasteiger partial charge on any atom is 0.500 e. The second kappa shape index (κ2) is 14.5. The summed E-state index contributed by atoms with van der Waals surface area (Å²) in [5.74, 6) is 0. The molecule has 31 heavy (non-hydrogen) atoms. The van der Waals surface area contributed by atoms with Gasteiger partial charge in [-0.1, -0.05) is 120 Å². The predicted octanol–water partition coefficient (Wildman–Crippen LogP) is 8.88. The van der Waals surface area contributed by atoms with E-state index < -0.39 is 16.4 Å². The van der Waals surface area contributed by atoms with Gasteiger partial charge in [0.15, 0.2) is 0 Å². The molecule has 0 radical (unpaired) electrons. The lowest BCUT2D eigenvalue weighted by atomic mass is 10.0. The van der Waals surface area contributed by atoms with Gasteiger partial charge in [-0.2, -0.15) is 0 Å². The smallest absolute Gasteiger partial charge is 0.377 e. The molecule has 0 atom stereocenters. The third-order valence-electron chi connectivity index (χ3n) is 5.28. The van der Waals surface area contributed by atoms with E-state index in [2.05, 4.69) is 0 Å². The summed E-state index contributed by atoms with van der Waals surface area (Å²) in [6.45, 7) is 0. The molecule has 0 N–H and O–H groups in total. The van der Waals surface area contributed by atoms with Crippen molar-refractivity contribution in [3.05, 3.63) is 34.9 Å². The first-order valence-corrected chi connectivity index (χ1v) is 14.6. The summed E-state index contributed by atoms with van der Waals surface area (Å²) in [5, 5.41) is 0. The summed E-state index contributed by atoms with van der Waals surface area (Å²) in [7, 11) is 2.56. The molecule has 0 saturated heterocycles. The summed E-state index contributed by atoms with van der Waals surface area (Å²) in [6, 6.07) is 6.23. The van der Waals surface area contributed by atoms with Crippen LogP contribution in [0.1, 0.15) is 68.1 Å². The molecule has 0 aromatic heterocycles. The maximum absolute atomic E-state index is 6.04. The molecule has 0 saturated carbocycles. The Balaban J connectivity index is 2.32. The van der Waals surface area contributed by atoms with Gasteiger partial charge in [0.1, 0.15) is 0 Å². The summed E-state index contributed by atoms with van der Waals surface area (Å²) in [5.41, 5.74) is 2.03. The minimum Gasteiger partial charge on any atom is -0.377 e. The zero-order chi connectivity index (χ0) is 23.5. The normalized spacial score (nSPS) is 13.1. The quantitative estimate of drug-likeness (QED) is 0.126. The zero-order valence-corrected chi connectivity index (χ0v) is 23.8. The topological polar surface area (TPSA) is 27.7 Å². The Bertz CT molecular complexity index is 604. The Morgan fingerprint density at radius 3 is 1.39 bits per heavy atom. The molecule has 0 aliphatic carbocycles. The standard InChI is InChI=1S/C21H32Cl6O3Si/c1-28-31(29-2,30-3)13-11-9-7-5-4-6-8-10-12-17-14-18(20(22,23)24)16-19(15-17)21(25,26)27/h14-16H,4-13H2,1-3H3. The molecule has 0 heterocycles. The van der Waals surface area contributed by atoms with E-state index in [0.29, 0.717) is 11.1 Å². The van der Waals surface area contributed by atoms with Crippen molar-refractivity contribution in [2.45, 2.75) is 71.4 Å². The van der Waals surface area contributed by atoms with E-state index in [1.54, 1.807) is 27.4 Å². The summed E-state index contributed by atoms with van der Waals surface area (Å²) < 4.78 is 13.2. The van der Waals surface area contributed by atoms with Crippen LogP contribution in [0.5, 0.6) is 0 Å². The highest BCUT2D eigenvalue weighted by Gasteiger charge is 2.36. The van der Waals surface area contributed by atoms with E-state index in [4.69, 9.17) is 82.9 Å². The largest absolute Gasteiger partial charge is 0.500 e. The van der Waals surface area contributed by atoms with Gasteiger partial charge in [-0.25, -0.2) is 0 Å². The summed E-state index contributed by atoms with van der Waals surface area (Å²) >= 11 is 36.2. The van der Waals surface area contributed by atoms with Crippen LogP contribution in [0.25, 0.3) is 0 Å². The van der Waals surface area contributed by atoms with E-state index in [-0.39, 0.29) is 0 Å². The van der Waals surface area contributed by atoms with Crippen LogP contribution in [0.3, 0.4) is 0 Å². The van der Waals surface area contributed by atoms with Crippen molar-refractivity contribution in [3.63, 3.8) is 0 Å². The number of halogens is 6. The van der Waals surface area contributed by atoms with Crippen LogP contribution < -0.4 is 0 Å². The van der Waals surface area contributed by atoms with Gasteiger partial charge in [0.25, 0.3) is 0 Å². The molecule has 3 nitrogen and oxygen atoms in total. The zero-order valence-electron chi connectivity index (χ0n) is 18.3. The predicted molar refractivity (Wildman–Crippen MR) is 137 cm³/mol. The highest BCUT2D eigenvalue weighted by atomic mass is 35.6. The van der Waals surface area contributed by atoms with Crippen LogP contribution in [0.4, 0.5) is 0 Å². The molecule has 0 aliphatic heterocycles. The molecule has 10 heteroatoms. The molecule has 0 amide bonds. The molecule has 0 aliphatic rings. The van der Waals surface area contributed by atoms with Crippen molar-refractivity contribution in [2.75, 3.05) is 21.3 Å². The van der Waals surface area contributed by atoms with Crippen LogP contribution >= 0.6 is 69.6 Å². The van der Waals surface area contributed by atoms with E-state index in [9.17, 15) is 0 Å². The molecular weight excluding hydrogens is 541 g/mol. The lowest BCUT2D eigenvalue weighted by molar-refractivity contribution is 0.122. The molecular formula is C21H32Cl6O3Si. The van der Waals surface area contributed by atoms with Crippen LogP contribution in [0.2, 0.25) is 6.04 Å². The fourth-order valence-corrected chi connectivity index (χ4v) is 5.90. The van der Waals surface area contributed by atoms with E-state index in [1.807, 2.05) is 12.1 Å². The highest BCUT2D eigenvalue weighted by molar-refractivity contribution is 6.67. The number of hydrogen-bond donors (Lipinski definition) is 0. The van der Waals surface area contributed by atoms with Crippen LogP contribution in [-0.2, 0) is 27.3 Å². The first-order valence-electron chi connectivity index (χ1n) is 10.4. The van der Waals surface area contributed by atoms with Crippen molar-refractivity contribution in [3.8, 4) is 0 Å². The van der Waals surface area contributed by atoms with Gasteiger partial charge in [0.05, 0.1) is 0 Å². The van der Waals surface area contributed by atoms with Gasteiger partial charge < -0.3 is 13.3 Å². The van der Waals surface area contributed by atoms with E-state index in [1.165, 1.54) is 25.7 Å². The molecule has 0 bridgehead atoms. The van der Waals surface area contributed by atoms with Crippen molar-refractivity contribution < 1.29 is 13.3 Å². The van der Waals surface area contributed by atoms with E-state index >= 15 is 0 Å². The Hall–Kier alpha value is 1.06. The number of aryl methyl sites for hydroxylation is 1. The molecule has 1 rings (SSSR count). The average Bonchev–Trinajstić information content (AvgIpc) is 2.71. The molecule has 0 spiro atoms. The first kappa shape index (κ1) is 30.1. The van der Waals surface area contributed by atoms with Crippen LogP contribution in [0, 0.1) is 0 Å². The monoisotopic (exact) mass is 570 g/mol. The highest BCUT2D eigenvalue weighted by Crippen LogP contribution is 2.44. The van der Waals surface area contributed by atoms with Crippen molar-refractivity contribution in [1.29, 1.82) is 0 Å². The number of benzene rings is 1. The fraction of sp³-hybridized carbons (Fsp3) is 0.714. The Morgan fingerprint density at radius 1 is 0.613 bits per heavy atom. The fourth-order valence-electron chi connectivity index (χ4n) is 3.45. The lowest BCUT2D eigenvalue weighted by Crippen LogP contribution is -2.42. The third kappa shape index (κ3) is 11.4. The molecule has 1 aromatic rings. The van der Waals surface area contributed by atoms with Gasteiger partial charge >= 0.3 is 8.80 Å². The van der Waals surface area contributed by atoms with Crippen LogP contribution in [-0.4, -0.2) is 30.1 Å². The Morgan fingerprint density at radius 2 is 1.00 bits per heavy atom. The summed E-state index contributed by atoms with van der Waals surface area (Å²) in [4.78, 5) is 0. The average molecular weight is 573 g/mol. The maximum atomic E-state index is 6.04. The van der Waals surface area contributed by atoms with Gasteiger partial charge in [0.2, 0.25) is 7.59 Å².